The van der Waals surface area contributed by atoms with E-state index in [-0.39, 0.29) is 5.63 Å². The Hall–Kier alpha value is -2.14. The molecule has 0 amide bonds. The van der Waals surface area contributed by atoms with Crippen molar-refractivity contribution in [3.8, 4) is 0 Å². The zero-order valence-electron chi connectivity index (χ0n) is 15.4. The molecule has 1 atom stereocenters. The first-order chi connectivity index (χ1) is 12.5. The molecule has 0 aliphatic carbocycles. The number of nitrogens with two attached hydrogens (primary N) is 1. The van der Waals surface area contributed by atoms with Gasteiger partial charge in [-0.15, -0.1) is 0 Å². The average Bonchev–Trinajstić information content (AvgIpc) is 2.60. The topological polar surface area (TPSA) is 51.3 Å². The fourth-order valence-corrected chi connectivity index (χ4v) is 3.48. The minimum absolute atomic E-state index is 0.319. The van der Waals surface area contributed by atoms with E-state index in [0.717, 1.165) is 23.1 Å². The Morgan fingerprint density at radius 1 is 1.15 bits per heavy atom. The maximum Gasteiger partial charge on any atom is 0.336 e. The van der Waals surface area contributed by atoms with E-state index < -0.39 is 0 Å². The summed E-state index contributed by atoms with van der Waals surface area (Å²) < 4.78 is 5.34. The van der Waals surface area contributed by atoms with Crippen LogP contribution in [-0.2, 0) is 6.54 Å². The Balaban J connectivity index is 1.81. The molecule has 3 rings (SSSR count). The molecule has 3 N–H and O–H groups in total. The number of halogens is 1. The zero-order chi connectivity index (χ0) is 18.7. The SMILES string of the molecule is Cc1cc2oc(=O)cc(C[NH2+]C[C@H](c3ccccc3)[NH+](C)C)c2cc1Cl. The van der Waals surface area contributed by atoms with E-state index in [0.29, 0.717) is 23.2 Å². The number of rotatable bonds is 6. The van der Waals surface area contributed by atoms with Gasteiger partial charge in [-0.1, -0.05) is 41.9 Å². The van der Waals surface area contributed by atoms with Crippen molar-refractivity contribution in [2.45, 2.75) is 19.5 Å². The van der Waals surface area contributed by atoms with Crippen molar-refractivity contribution in [1.82, 2.24) is 0 Å². The Labute approximate surface area is 158 Å². The maximum atomic E-state index is 11.9. The van der Waals surface area contributed by atoms with Crippen LogP contribution in [0.15, 0.2) is 57.7 Å². The summed E-state index contributed by atoms with van der Waals surface area (Å²) >= 11 is 6.27. The molecule has 0 unspecified atom stereocenters. The van der Waals surface area contributed by atoms with E-state index >= 15 is 0 Å². The quantitative estimate of drug-likeness (QED) is 0.647. The average molecular weight is 373 g/mol. The van der Waals surface area contributed by atoms with Crippen LogP contribution in [0.5, 0.6) is 0 Å². The number of hydrogen-bond donors (Lipinski definition) is 2. The highest BCUT2D eigenvalue weighted by atomic mass is 35.5. The van der Waals surface area contributed by atoms with E-state index in [1.165, 1.54) is 10.5 Å². The van der Waals surface area contributed by atoms with Crippen LogP contribution in [0.4, 0.5) is 0 Å². The number of hydrogen-bond acceptors (Lipinski definition) is 2. The van der Waals surface area contributed by atoms with E-state index in [4.69, 9.17) is 16.0 Å². The third-order valence-corrected chi connectivity index (χ3v) is 5.18. The third-order valence-electron chi connectivity index (χ3n) is 4.77. The molecule has 136 valence electrons. The largest absolute Gasteiger partial charge is 0.423 e. The van der Waals surface area contributed by atoms with Crippen LogP contribution < -0.4 is 15.8 Å². The van der Waals surface area contributed by atoms with Gasteiger partial charge in [0.05, 0.1) is 14.1 Å². The second kappa shape index (κ2) is 8.04. The van der Waals surface area contributed by atoms with E-state index in [9.17, 15) is 4.79 Å². The van der Waals surface area contributed by atoms with Crippen molar-refractivity contribution in [2.24, 2.45) is 0 Å². The van der Waals surface area contributed by atoms with Crippen LogP contribution in [-0.4, -0.2) is 20.6 Å². The first kappa shape index (κ1) is 18.6. The predicted molar refractivity (Wildman–Crippen MR) is 105 cm³/mol. The van der Waals surface area contributed by atoms with Crippen LogP contribution in [0.3, 0.4) is 0 Å². The van der Waals surface area contributed by atoms with Crippen LogP contribution >= 0.6 is 11.6 Å². The lowest BCUT2D eigenvalue weighted by molar-refractivity contribution is -0.910. The van der Waals surface area contributed by atoms with Crippen molar-refractivity contribution >= 4 is 22.6 Å². The van der Waals surface area contributed by atoms with Gasteiger partial charge in [-0.05, 0) is 24.6 Å². The molecule has 26 heavy (non-hydrogen) atoms. The van der Waals surface area contributed by atoms with Crippen molar-refractivity contribution in [3.05, 3.63) is 80.7 Å². The molecule has 0 bridgehead atoms. The molecule has 2 aromatic carbocycles. The summed E-state index contributed by atoms with van der Waals surface area (Å²) in [7, 11) is 4.33. The summed E-state index contributed by atoms with van der Waals surface area (Å²) in [6, 6.07) is 16.2. The molecular weight excluding hydrogens is 348 g/mol. The molecule has 0 aliphatic heterocycles. The van der Waals surface area contributed by atoms with Crippen molar-refractivity contribution < 1.29 is 14.6 Å². The summed E-state index contributed by atoms with van der Waals surface area (Å²) in [6.45, 7) is 3.54. The Morgan fingerprint density at radius 2 is 1.88 bits per heavy atom. The molecule has 1 aromatic heterocycles. The van der Waals surface area contributed by atoms with Crippen LogP contribution in [0, 0.1) is 6.92 Å². The van der Waals surface area contributed by atoms with Gasteiger partial charge in [-0.25, -0.2) is 4.79 Å². The highest BCUT2D eigenvalue weighted by Gasteiger charge is 2.19. The molecule has 5 heteroatoms. The van der Waals surface area contributed by atoms with Crippen molar-refractivity contribution in [3.63, 3.8) is 0 Å². The minimum atomic E-state index is -0.319. The lowest BCUT2D eigenvalue weighted by Crippen LogP contribution is -3.09. The number of aryl methyl sites for hydroxylation is 1. The molecule has 0 aliphatic rings. The van der Waals surface area contributed by atoms with E-state index in [2.05, 4.69) is 43.7 Å². The minimum Gasteiger partial charge on any atom is -0.423 e. The summed E-state index contributed by atoms with van der Waals surface area (Å²) in [6.07, 6.45) is 0. The molecule has 0 radical (unpaired) electrons. The first-order valence-corrected chi connectivity index (χ1v) is 9.23. The number of benzene rings is 2. The first-order valence-electron chi connectivity index (χ1n) is 8.85. The summed E-state index contributed by atoms with van der Waals surface area (Å²) in [5.41, 5.74) is 3.46. The molecule has 0 saturated heterocycles. The van der Waals surface area contributed by atoms with Crippen LogP contribution in [0.25, 0.3) is 11.0 Å². The van der Waals surface area contributed by atoms with Gasteiger partial charge >= 0.3 is 5.63 Å². The second-order valence-electron chi connectivity index (χ2n) is 6.96. The van der Waals surface area contributed by atoms with Crippen molar-refractivity contribution in [1.29, 1.82) is 0 Å². The van der Waals surface area contributed by atoms with Gasteiger partial charge in [-0.2, -0.15) is 0 Å². The van der Waals surface area contributed by atoms with Gasteiger partial charge in [0.1, 0.15) is 18.7 Å². The van der Waals surface area contributed by atoms with Gasteiger partial charge in [0.25, 0.3) is 0 Å². The predicted octanol–water partition coefficient (Wildman–Crippen LogP) is 1.70. The van der Waals surface area contributed by atoms with Crippen LogP contribution in [0.1, 0.15) is 22.7 Å². The number of likely N-dealkylation sites (N-methyl/N-ethyl adjacent to an activating group) is 1. The lowest BCUT2D eigenvalue weighted by Gasteiger charge is -2.20. The zero-order valence-corrected chi connectivity index (χ0v) is 16.1. The Morgan fingerprint density at radius 3 is 2.58 bits per heavy atom. The van der Waals surface area contributed by atoms with Gasteiger partial charge in [0, 0.05) is 27.6 Å². The fourth-order valence-electron chi connectivity index (χ4n) is 3.31. The summed E-state index contributed by atoms with van der Waals surface area (Å²) in [5, 5.41) is 3.84. The Bertz CT molecular complexity index is 951. The molecule has 1 heterocycles. The molecule has 0 spiro atoms. The number of fused-ring (bicyclic) bond motifs is 1. The van der Waals surface area contributed by atoms with Gasteiger partial charge in [0.15, 0.2) is 6.04 Å². The normalized spacial score (nSPS) is 12.7. The lowest BCUT2D eigenvalue weighted by atomic mass is 10.1. The molecule has 0 fully saturated rings. The molecule has 0 saturated carbocycles. The van der Waals surface area contributed by atoms with Gasteiger partial charge < -0.3 is 14.6 Å². The van der Waals surface area contributed by atoms with E-state index in [1.54, 1.807) is 6.07 Å². The molecule has 4 nitrogen and oxygen atoms in total. The smallest absolute Gasteiger partial charge is 0.336 e. The highest BCUT2D eigenvalue weighted by Crippen LogP contribution is 2.24. The second-order valence-corrected chi connectivity index (χ2v) is 7.36. The van der Waals surface area contributed by atoms with Gasteiger partial charge in [0.2, 0.25) is 0 Å². The molecular formula is C21H25ClN2O2+2. The van der Waals surface area contributed by atoms with Crippen LogP contribution in [0.2, 0.25) is 5.02 Å². The Kier molecular flexibility index (Phi) is 5.77. The maximum absolute atomic E-state index is 11.9. The summed E-state index contributed by atoms with van der Waals surface area (Å²) in [5.74, 6) is 0. The number of nitrogens with one attached hydrogen (secondary N) is 1. The fraction of sp³-hybridized carbons (Fsp3) is 0.286. The molecule has 3 aromatic rings. The highest BCUT2D eigenvalue weighted by molar-refractivity contribution is 6.32. The number of quaternary nitrogens is 2. The standard InChI is InChI=1S/C21H23ClN2O2/c1-14-9-20-17(11-18(14)22)16(10-21(25)26-20)12-23-13-19(24(2)3)15-7-5-4-6-8-15/h4-11,19,23H,12-13H2,1-3H3/p+2/t19-/m1/s1. The third kappa shape index (κ3) is 4.15. The van der Waals surface area contributed by atoms with Crippen molar-refractivity contribution in [2.75, 3.05) is 20.6 Å². The summed E-state index contributed by atoms with van der Waals surface area (Å²) in [4.78, 5) is 13.3. The monoisotopic (exact) mass is 372 g/mol. The van der Waals surface area contributed by atoms with E-state index in [1.807, 2.05) is 25.1 Å². The van der Waals surface area contributed by atoms with Gasteiger partial charge in [-0.3, -0.25) is 0 Å².